The molecular formula is C13H25NO. The molecule has 0 fully saturated rings. The van der Waals surface area contributed by atoms with Crippen LogP contribution in [0.25, 0.3) is 0 Å². The molecule has 1 N–H and O–H groups in total. The van der Waals surface area contributed by atoms with Crippen LogP contribution in [0, 0.1) is 5.92 Å². The standard InChI is InChI=1S/C13H25NO/c1-7-8-11(9-10(2)3)12(15)14-13(4,5)6/h11H,2,7-9H2,1,3-6H3,(H,14,15). The van der Waals surface area contributed by atoms with Crippen LogP contribution in [0.2, 0.25) is 0 Å². The first-order valence-electron chi connectivity index (χ1n) is 5.72. The fraction of sp³-hybridized carbons (Fsp3) is 0.769. The molecule has 1 atom stereocenters. The number of hydrogen-bond donors (Lipinski definition) is 1. The lowest BCUT2D eigenvalue weighted by Crippen LogP contribution is -2.43. The van der Waals surface area contributed by atoms with E-state index in [0.29, 0.717) is 0 Å². The van der Waals surface area contributed by atoms with Gasteiger partial charge >= 0.3 is 0 Å². The van der Waals surface area contributed by atoms with Crippen molar-refractivity contribution < 1.29 is 4.79 Å². The minimum Gasteiger partial charge on any atom is -0.351 e. The van der Waals surface area contributed by atoms with Crippen LogP contribution < -0.4 is 5.32 Å². The van der Waals surface area contributed by atoms with Crippen LogP contribution in [0.5, 0.6) is 0 Å². The van der Waals surface area contributed by atoms with Gasteiger partial charge in [0.2, 0.25) is 5.91 Å². The Balaban J connectivity index is 4.35. The van der Waals surface area contributed by atoms with Crippen molar-refractivity contribution in [1.29, 1.82) is 0 Å². The van der Waals surface area contributed by atoms with Gasteiger partial charge in [0.1, 0.15) is 0 Å². The van der Waals surface area contributed by atoms with E-state index >= 15 is 0 Å². The highest BCUT2D eigenvalue weighted by atomic mass is 16.2. The minimum atomic E-state index is -0.141. The predicted molar refractivity (Wildman–Crippen MR) is 65.7 cm³/mol. The largest absolute Gasteiger partial charge is 0.351 e. The number of nitrogens with one attached hydrogen (secondary N) is 1. The van der Waals surface area contributed by atoms with Gasteiger partial charge in [0.15, 0.2) is 0 Å². The number of allylic oxidation sites excluding steroid dienone is 1. The predicted octanol–water partition coefficient (Wildman–Crippen LogP) is 3.28. The van der Waals surface area contributed by atoms with Crippen molar-refractivity contribution in [3.8, 4) is 0 Å². The van der Waals surface area contributed by atoms with E-state index in [1.165, 1.54) is 0 Å². The molecule has 0 aliphatic rings. The van der Waals surface area contributed by atoms with E-state index < -0.39 is 0 Å². The molecule has 0 saturated carbocycles. The summed E-state index contributed by atoms with van der Waals surface area (Å²) in [6.07, 6.45) is 2.78. The first kappa shape index (κ1) is 14.2. The summed E-state index contributed by atoms with van der Waals surface area (Å²) in [5.74, 6) is 0.249. The number of amides is 1. The van der Waals surface area contributed by atoms with Crippen LogP contribution in [0.4, 0.5) is 0 Å². The van der Waals surface area contributed by atoms with E-state index in [9.17, 15) is 4.79 Å². The van der Waals surface area contributed by atoms with Crippen molar-refractivity contribution in [1.82, 2.24) is 5.32 Å². The molecule has 0 aromatic carbocycles. The molecule has 0 rings (SSSR count). The Kier molecular flexibility index (Phi) is 5.63. The van der Waals surface area contributed by atoms with Gasteiger partial charge in [-0.05, 0) is 40.5 Å². The van der Waals surface area contributed by atoms with E-state index in [1.807, 2.05) is 27.7 Å². The Morgan fingerprint density at radius 2 is 1.93 bits per heavy atom. The normalized spacial score (nSPS) is 13.4. The third-order valence-electron chi connectivity index (χ3n) is 2.10. The Hall–Kier alpha value is -0.790. The summed E-state index contributed by atoms with van der Waals surface area (Å²) in [7, 11) is 0. The number of rotatable bonds is 5. The van der Waals surface area contributed by atoms with E-state index in [4.69, 9.17) is 0 Å². The number of carbonyl (C=O) groups is 1. The maximum atomic E-state index is 11.9. The van der Waals surface area contributed by atoms with Crippen LogP contribution in [-0.4, -0.2) is 11.4 Å². The molecule has 0 bridgehead atoms. The maximum Gasteiger partial charge on any atom is 0.223 e. The van der Waals surface area contributed by atoms with Crippen LogP contribution >= 0.6 is 0 Å². The molecule has 0 heterocycles. The van der Waals surface area contributed by atoms with Gasteiger partial charge in [-0.15, -0.1) is 6.58 Å². The average Bonchev–Trinajstić information content (AvgIpc) is 1.99. The fourth-order valence-corrected chi connectivity index (χ4v) is 1.57. The van der Waals surface area contributed by atoms with Crippen molar-refractivity contribution in [2.75, 3.05) is 0 Å². The van der Waals surface area contributed by atoms with Crippen molar-refractivity contribution in [3.05, 3.63) is 12.2 Å². The van der Waals surface area contributed by atoms with Gasteiger partial charge < -0.3 is 5.32 Å². The topological polar surface area (TPSA) is 29.1 Å². The number of hydrogen-bond acceptors (Lipinski definition) is 1. The molecule has 2 nitrogen and oxygen atoms in total. The second kappa shape index (κ2) is 5.94. The molecule has 0 saturated heterocycles. The van der Waals surface area contributed by atoms with Gasteiger partial charge in [0.05, 0.1) is 0 Å². The number of carbonyl (C=O) groups excluding carboxylic acids is 1. The minimum absolute atomic E-state index is 0.0896. The van der Waals surface area contributed by atoms with Gasteiger partial charge in [-0.3, -0.25) is 4.79 Å². The van der Waals surface area contributed by atoms with Crippen LogP contribution in [0.1, 0.15) is 53.9 Å². The lowest BCUT2D eigenvalue weighted by atomic mass is 9.94. The second-order valence-electron chi connectivity index (χ2n) is 5.39. The van der Waals surface area contributed by atoms with Crippen molar-refractivity contribution in [2.45, 2.75) is 59.4 Å². The summed E-state index contributed by atoms with van der Waals surface area (Å²) < 4.78 is 0. The maximum absolute atomic E-state index is 11.9. The Labute approximate surface area is 94.1 Å². The van der Waals surface area contributed by atoms with E-state index in [1.54, 1.807) is 0 Å². The molecule has 0 radical (unpaired) electrons. The van der Waals surface area contributed by atoms with E-state index in [0.717, 1.165) is 24.8 Å². The third kappa shape index (κ3) is 7.18. The van der Waals surface area contributed by atoms with Crippen LogP contribution in [0.15, 0.2) is 12.2 Å². The summed E-state index contributed by atoms with van der Waals surface area (Å²) in [4.78, 5) is 11.9. The first-order chi connectivity index (χ1) is 6.76. The third-order valence-corrected chi connectivity index (χ3v) is 2.10. The lowest BCUT2D eigenvalue weighted by Gasteiger charge is -2.24. The summed E-state index contributed by atoms with van der Waals surface area (Å²) in [5.41, 5.74) is 0.940. The fourth-order valence-electron chi connectivity index (χ4n) is 1.57. The zero-order valence-corrected chi connectivity index (χ0v) is 10.8. The van der Waals surface area contributed by atoms with Gasteiger partial charge in [0.25, 0.3) is 0 Å². The Morgan fingerprint density at radius 1 is 1.40 bits per heavy atom. The van der Waals surface area contributed by atoms with Gasteiger partial charge in [-0.2, -0.15) is 0 Å². The van der Waals surface area contributed by atoms with Gasteiger partial charge in [-0.1, -0.05) is 18.9 Å². The molecule has 1 unspecified atom stereocenters. The van der Waals surface area contributed by atoms with Crippen molar-refractivity contribution in [3.63, 3.8) is 0 Å². The molecular weight excluding hydrogens is 186 g/mol. The van der Waals surface area contributed by atoms with Crippen molar-refractivity contribution >= 4 is 5.91 Å². The van der Waals surface area contributed by atoms with E-state index in [-0.39, 0.29) is 17.4 Å². The molecule has 0 spiro atoms. The highest BCUT2D eigenvalue weighted by Gasteiger charge is 2.21. The summed E-state index contributed by atoms with van der Waals surface area (Å²) in [6.45, 7) is 14.0. The molecule has 2 heteroatoms. The highest BCUT2D eigenvalue weighted by molar-refractivity contribution is 5.79. The van der Waals surface area contributed by atoms with Gasteiger partial charge in [0, 0.05) is 11.5 Å². The lowest BCUT2D eigenvalue weighted by molar-refractivity contribution is -0.126. The average molecular weight is 211 g/mol. The van der Waals surface area contributed by atoms with Gasteiger partial charge in [-0.25, -0.2) is 0 Å². The SMILES string of the molecule is C=C(C)CC(CCC)C(=O)NC(C)(C)C. The molecule has 0 aliphatic heterocycles. The zero-order valence-electron chi connectivity index (χ0n) is 10.8. The quantitative estimate of drug-likeness (QED) is 0.695. The molecule has 0 aliphatic carbocycles. The highest BCUT2D eigenvalue weighted by Crippen LogP contribution is 2.17. The van der Waals surface area contributed by atoms with E-state index in [2.05, 4.69) is 18.8 Å². The summed E-state index contributed by atoms with van der Waals surface area (Å²) in [6, 6.07) is 0. The molecule has 88 valence electrons. The smallest absolute Gasteiger partial charge is 0.223 e. The summed E-state index contributed by atoms with van der Waals surface area (Å²) >= 11 is 0. The van der Waals surface area contributed by atoms with Crippen molar-refractivity contribution in [2.24, 2.45) is 5.92 Å². The molecule has 1 amide bonds. The first-order valence-corrected chi connectivity index (χ1v) is 5.72. The Morgan fingerprint density at radius 3 is 2.27 bits per heavy atom. The molecule has 0 aromatic rings. The monoisotopic (exact) mass is 211 g/mol. The second-order valence-corrected chi connectivity index (χ2v) is 5.39. The van der Waals surface area contributed by atoms with Crippen LogP contribution in [-0.2, 0) is 4.79 Å². The Bertz CT molecular complexity index is 225. The van der Waals surface area contributed by atoms with Crippen LogP contribution in [0.3, 0.4) is 0 Å². The molecule has 15 heavy (non-hydrogen) atoms. The summed E-state index contributed by atoms with van der Waals surface area (Å²) in [5, 5.41) is 3.03. The molecule has 0 aromatic heterocycles. The zero-order chi connectivity index (χ0) is 12.1.